The quantitative estimate of drug-likeness (QED) is 0.517. The van der Waals surface area contributed by atoms with Crippen molar-refractivity contribution in [2.75, 3.05) is 0 Å². The summed E-state index contributed by atoms with van der Waals surface area (Å²) in [6.07, 6.45) is 1.98. The number of fused-ring (bicyclic) bond motifs is 1. The van der Waals surface area contributed by atoms with Gasteiger partial charge in [0.2, 0.25) is 0 Å². The molecular formula is C22H18FNO2. The van der Waals surface area contributed by atoms with Crippen LogP contribution in [0.1, 0.15) is 17.3 Å². The first-order valence-corrected chi connectivity index (χ1v) is 8.25. The average Bonchev–Trinajstić information content (AvgIpc) is 3.01. The number of carboxylic acid groups (broad SMARTS) is 1. The molecule has 130 valence electrons. The summed E-state index contributed by atoms with van der Waals surface area (Å²) in [6.45, 7) is 2.04. The smallest absolute Gasteiger partial charge is 0.335 e. The highest BCUT2D eigenvalue weighted by atomic mass is 19.1. The zero-order valence-electron chi connectivity index (χ0n) is 14.1. The molecule has 4 aromatic rings. The number of carboxylic acids is 1. The second-order valence-electron chi connectivity index (χ2n) is 6.24. The van der Waals surface area contributed by atoms with Gasteiger partial charge < -0.3 is 9.67 Å². The fourth-order valence-electron chi connectivity index (χ4n) is 3.26. The zero-order valence-corrected chi connectivity index (χ0v) is 14.1. The molecule has 3 aromatic carbocycles. The lowest BCUT2D eigenvalue weighted by atomic mass is 9.99. The fourth-order valence-corrected chi connectivity index (χ4v) is 3.26. The van der Waals surface area contributed by atoms with Gasteiger partial charge in [-0.25, -0.2) is 9.18 Å². The van der Waals surface area contributed by atoms with E-state index in [0.29, 0.717) is 0 Å². The van der Waals surface area contributed by atoms with E-state index in [2.05, 4.69) is 0 Å². The second kappa shape index (κ2) is 6.15. The molecule has 1 N–H and O–H groups in total. The number of hydrogen-bond acceptors (Lipinski definition) is 1. The Morgan fingerprint density at radius 3 is 2.42 bits per heavy atom. The summed E-state index contributed by atoms with van der Waals surface area (Å²) in [7, 11) is 0. The van der Waals surface area contributed by atoms with Crippen molar-refractivity contribution < 1.29 is 15.7 Å². The van der Waals surface area contributed by atoms with E-state index in [1.807, 2.05) is 48.0 Å². The van der Waals surface area contributed by atoms with Crippen LogP contribution in [0.4, 0.5) is 4.39 Å². The van der Waals surface area contributed by atoms with Gasteiger partial charge in [-0.1, -0.05) is 30.3 Å². The lowest BCUT2D eigenvalue weighted by molar-refractivity contribution is 0.0697. The third-order valence-corrected chi connectivity index (χ3v) is 4.59. The number of aromatic nitrogens is 1. The Morgan fingerprint density at radius 2 is 1.73 bits per heavy atom. The topological polar surface area (TPSA) is 42.2 Å². The van der Waals surface area contributed by atoms with Gasteiger partial charge in [-0.15, -0.1) is 0 Å². The van der Waals surface area contributed by atoms with Crippen LogP contribution in [0.25, 0.3) is 27.7 Å². The molecule has 3 nitrogen and oxygen atoms in total. The Morgan fingerprint density at radius 1 is 1.00 bits per heavy atom. The predicted molar refractivity (Wildman–Crippen MR) is 102 cm³/mol. The monoisotopic (exact) mass is 347 g/mol. The van der Waals surface area contributed by atoms with Gasteiger partial charge in [0.15, 0.2) is 0 Å². The SMILES string of the molecule is Cc1ccccc1-c1cn(-c2ccc(F)cc2)c2cc(C(=O)O)ccc12.[HH]. The Labute approximate surface area is 151 Å². The van der Waals surface area contributed by atoms with Gasteiger partial charge in [0.05, 0.1) is 11.1 Å². The van der Waals surface area contributed by atoms with E-state index < -0.39 is 5.97 Å². The molecule has 0 saturated carbocycles. The standard InChI is InChI=1S/C22H16FNO2.H2/c1-14-4-2-3-5-18(14)20-13-24(17-9-7-16(23)8-10-17)21-12-15(22(25)26)6-11-19(20)21;/h2-13H,1H3,(H,25,26);1H. The van der Waals surface area contributed by atoms with Crippen LogP contribution in [0.2, 0.25) is 0 Å². The average molecular weight is 347 g/mol. The molecule has 0 unspecified atom stereocenters. The normalized spacial score (nSPS) is 11.0. The maximum atomic E-state index is 13.3. The first kappa shape index (κ1) is 16.1. The van der Waals surface area contributed by atoms with E-state index >= 15 is 0 Å². The molecule has 0 spiro atoms. The molecule has 0 aliphatic rings. The highest BCUT2D eigenvalue weighted by molar-refractivity contribution is 6.01. The molecule has 4 rings (SSSR count). The number of hydrogen-bond donors (Lipinski definition) is 1. The maximum absolute atomic E-state index is 13.3. The summed E-state index contributed by atoms with van der Waals surface area (Å²) >= 11 is 0. The Hall–Kier alpha value is -3.40. The van der Waals surface area contributed by atoms with Crippen molar-refractivity contribution in [2.45, 2.75) is 6.92 Å². The lowest BCUT2D eigenvalue weighted by Gasteiger charge is -2.05. The van der Waals surface area contributed by atoms with Gasteiger partial charge >= 0.3 is 5.97 Å². The van der Waals surface area contributed by atoms with E-state index in [4.69, 9.17) is 0 Å². The van der Waals surface area contributed by atoms with Crippen molar-refractivity contribution in [2.24, 2.45) is 0 Å². The molecule has 0 saturated heterocycles. The fraction of sp³-hybridized carbons (Fsp3) is 0.0455. The van der Waals surface area contributed by atoms with E-state index in [-0.39, 0.29) is 12.8 Å². The van der Waals surface area contributed by atoms with Crippen LogP contribution in [-0.2, 0) is 0 Å². The van der Waals surface area contributed by atoms with E-state index in [0.717, 1.165) is 33.3 Å². The number of nitrogens with zero attached hydrogens (tertiary/aromatic N) is 1. The lowest BCUT2D eigenvalue weighted by Crippen LogP contribution is -1.97. The molecule has 0 atom stereocenters. The van der Waals surface area contributed by atoms with Gasteiger partial charge in [-0.2, -0.15) is 0 Å². The molecule has 0 amide bonds. The third kappa shape index (κ3) is 2.65. The third-order valence-electron chi connectivity index (χ3n) is 4.59. The van der Waals surface area contributed by atoms with Crippen molar-refractivity contribution in [1.82, 2.24) is 4.57 Å². The molecule has 0 radical (unpaired) electrons. The highest BCUT2D eigenvalue weighted by Crippen LogP contribution is 2.34. The molecule has 0 aliphatic carbocycles. The van der Waals surface area contributed by atoms with Crippen molar-refractivity contribution in [3.05, 3.63) is 89.9 Å². The van der Waals surface area contributed by atoms with Gasteiger partial charge in [0.25, 0.3) is 0 Å². The van der Waals surface area contributed by atoms with Crippen molar-refractivity contribution in [3.8, 4) is 16.8 Å². The Balaban J connectivity index is 0.00000210. The minimum Gasteiger partial charge on any atom is -0.478 e. The van der Waals surface area contributed by atoms with Crippen LogP contribution in [-0.4, -0.2) is 15.6 Å². The van der Waals surface area contributed by atoms with Crippen LogP contribution in [0.3, 0.4) is 0 Å². The number of rotatable bonds is 3. The molecule has 0 aliphatic heterocycles. The minimum absolute atomic E-state index is 0. The summed E-state index contributed by atoms with van der Waals surface area (Å²) in [6, 6.07) is 19.3. The first-order valence-electron chi connectivity index (χ1n) is 8.25. The van der Waals surface area contributed by atoms with Crippen LogP contribution >= 0.6 is 0 Å². The molecule has 26 heavy (non-hydrogen) atoms. The summed E-state index contributed by atoms with van der Waals surface area (Å²) < 4.78 is 15.2. The van der Waals surface area contributed by atoms with Crippen molar-refractivity contribution in [3.63, 3.8) is 0 Å². The minimum atomic E-state index is -0.976. The van der Waals surface area contributed by atoms with E-state index in [1.54, 1.807) is 24.3 Å². The molecule has 1 aromatic heterocycles. The summed E-state index contributed by atoms with van der Waals surface area (Å²) in [5.41, 5.74) is 5.00. The van der Waals surface area contributed by atoms with Crippen molar-refractivity contribution in [1.29, 1.82) is 0 Å². The number of halogens is 1. The van der Waals surface area contributed by atoms with E-state index in [9.17, 15) is 14.3 Å². The Bertz CT molecular complexity index is 1130. The zero-order chi connectivity index (χ0) is 18.3. The van der Waals surface area contributed by atoms with Crippen LogP contribution in [0.15, 0.2) is 72.9 Å². The largest absolute Gasteiger partial charge is 0.478 e. The maximum Gasteiger partial charge on any atom is 0.335 e. The number of aromatic carboxylic acids is 1. The van der Waals surface area contributed by atoms with Crippen molar-refractivity contribution >= 4 is 16.9 Å². The van der Waals surface area contributed by atoms with E-state index in [1.165, 1.54) is 12.1 Å². The van der Waals surface area contributed by atoms with Gasteiger partial charge in [0, 0.05) is 24.3 Å². The second-order valence-corrected chi connectivity index (χ2v) is 6.24. The number of carbonyl (C=O) groups is 1. The van der Waals surface area contributed by atoms with Gasteiger partial charge in [0.1, 0.15) is 5.82 Å². The molecule has 0 fully saturated rings. The molecule has 1 heterocycles. The van der Waals surface area contributed by atoms with Gasteiger partial charge in [-0.3, -0.25) is 0 Å². The number of benzene rings is 3. The Kier molecular flexibility index (Phi) is 3.81. The van der Waals surface area contributed by atoms with Crippen LogP contribution in [0, 0.1) is 12.7 Å². The predicted octanol–water partition coefficient (Wildman–Crippen LogP) is 5.69. The summed E-state index contributed by atoms with van der Waals surface area (Å²) in [5.74, 6) is -1.29. The van der Waals surface area contributed by atoms with Gasteiger partial charge in [-0.05, 0) is 54.4 Å². The molecule has 4 heteroatoms. The van der Waals surface area contributed by atoms with Crippen LogP contribution in [0.5, 0.6) is 0 Å². The first-order chi connectivity index (χ1) is 12.5. The summed E-state index contributed by atoms with van der Waals surface area (Å²) in [4.78, 5) is 11.4. The highest BCUT2D eigenvalue weighted by Gasteiger charge is 2.15. The number of aryl methyl sites for hydroxylation is 1. The summed E-state index contributed by atoms with van der Waals surface area (Å²) in [5, 5.41) is 10.3. The molecular weight excluding hydrogens is 329 g/mol. The molecule has 0 bridgehead atoms. The van der Waals surface area contributed by atoms with Crippen LogP contribution < -0.4 is 0 Å².